The lowest BCUT2D eigenvalue weighted by Crippen LogP contribution is -2.51. The molecule has 1 saturated heterocycles. The second-order valence-corrected chi connectivity index (χ2v) is 7.27. The van der Waals surface area contributed by atoms with Crippen molar-refractivity contribution in [1.82, 2.24) is 15.1 Å². The zero-order valence-electron chi connectivity index (χ0n) is 15.5. The molecule has 1 atom stereocenters. The van der Waals surface area contributed by atoms with Crippen LogP contribution in [-0.4, -0.2) is 61.0 Å². The van der Waals surface area contributed by atoms with Gasteiger partial charge in [0.1, 0.15) is 6.04 Å². The molecule has 0 spiro atoms. The molecular weight excluding hydrogens is 371 g/mol. The third kappa shape index (κ3) is 6.10. The van der Waals surface area contributed by atoms with E-state index in [1.165, 1.54) is 0 Å². The minimum Gasteiger partial charge on any atom is -0.352 e. The molecule has 1 aliphatic heterocycles. The van der Waals surface area contributed by atoms with Gasteiger partial charge in [0.25, 0.3) is 0 Å². The van der Waals surface area contributed by atoms with E-state index in [-0.39, 0.29) is 42.8 Å². The summed E-state index contributed by atoms with van der Waals surface area (Å²) < 4.78 is 0. The first-order valence-electron chi connectivity index (χ1n) is 9.17. The van der Waals surface area contributed by atoms with Gasteiger partial charge in [0, 0.05) is 38.3 Å². The first-order chi connectivity index (χ1) is 11.6. The van der Waals surface area contributed by atoms with Gasteiger partial charge in [-0.2, -0.15) is 0 Å². The largest absolute Gasteiger partial charge is 0.352 e. The van der Waals surface area contributed by atoms with Gasteiger partial charge in [-0.25, -0.2) is 0 Å². The summed E-state index contributed by atoms with van der Waals surface area (Å²) in [7, 11) is 2.14. The van der Waals surface area contributed by atoms with Gasteiger partial charge in [0.2, 0.25) is 5.91 Å². The second-order valence-electron chi connectivity index (χ2n) is 7.27. The highest BCUT2D eigenvalue weighted by Gasteiger charge is 2.31. The fourth-order valence-corrected chi connectivity index (χ4v) is 3.79. The van der Waals surface area contributed by atoms with Crippen molar-refractivity contribution in [2.45, 2.75) is 43.8 Å². The summed E-state index contributed by atoms with van der Waals surface area (Å²) in [6, 6.07) is 10.6. The molecular formula is C19H32Cl2N4O. The lowest BCUT2D eigenvalue weighted by molar-refractivity contribution is -0.128. The summed E-state index contributed by atoms with van der Waals surface area (Å²) >= 11 is 0. The lowest BCUT2D eigenvalue weighted by atomic mass is 9.91. The van der Waals surface area contributed by atoms with Crippen LogP contribution in [0.2, 0.25) is 0 Å². The van der Waals surface area contributed by atoms with E-state index in [1.54, 1.807) is 0 Å². The lowest BCUT2D eigenvalue weighted by Gasteiger charge is -2.38. The van der Waals surface area contributed by atoms with Crippen molar-refractivity contribution in [3.05, 3.63) is 35.9 Å². The molecule has 3 rings (SSSR count). The summed E-state index contributed by atoms with van der Waals surface area (Å²) in [5.74, 6) is 0.145. The molecule has 2 fully saturated rings. The normalized spacial score (nSPS) is 25.5. The van der Waals surface area contributed by atoms with E-state index in [0.717, 1.165) is 57.4 Å². The van der Waals surface area contributed by atoms with Gasteiger partial charge in [-0.3, -0.25) is 9.69 Å². The summed E-state index contributed by atoms with van der Waals surface area (Å²) in [5, 5.41) is 3.30. The SMILES string of the molecule is CN1CCN(C(C(=O)NC2CCC(N)CC2)c2ccccc2)CC1.Cl.Cl. The van der Waals surface area contributed by atoms with Crippen molar-refractivity contribution in [1.29, 1.82) is 0 Å². The Morgan fingerprint density at radius 1 is 1.04 bits per heavy atom. The summed E-state index contributed by atoms with van der Waals surface area (Å²) in [6.07, 6.45) is 4.01. The highest BCUT2D eigenvalue weighted by Crippen LogP contribution is 2.24. The van der Waals surface area contributed by atoms with Crippen molar-refractivity contribution >= 4 is 30.7 Å². The van der Waals surface area contributed by atoms with E-state index in [4.69, 9.17) is 5.73 Å². The molecule has 1 aliphatic carbocycles. The maximum atomic E-state index is 13.1. The van der Waals surface area contributed by atoms with Crippen LogP contribution in [0.15, 0.2) is 30.3 Å². The van der Waals surface area contributed by atoms with Gasteiger partial charge in [0.15, 0.2) is 0 Å². The van der Waals surface area contributed by atoms with Crippen molar-refractivity contribution in [3.8, 4) is 0 Å². The molecule has 1 unspecified atom stereocenters. The second kappa shape index (κ2) is 11.1. The number of nitrogens with two attached hydrogens (primary N) is 1. The van der Waals surface area contributed by atoms with Crippen molar-refractivity contribution < 1.29 is 4.79 Å². The smallest absolute Gasteiger partial charge is 0.242 e. The van der Waals surface area contributed by atoms with Gasteiger partial charge < -0.3 is 16.0 Å². The molecule has 1 aromatic carbocycles. The fourth-order valence-electron chi connectivity index (χ4n) is 3.79. The number of amides is 1. The minimum atomic E-state index is -0.185. The average molecular weight is 403 g/mol. The van der Waals surface area contributed by atoms with Crippen LogP contribution in [-0.2, 0) is 4.79 Å². The quantitative estimate of drug-likeness (QED) is 0.809. The van der Waals surface area contributed by atoms with Crippen LogP contribution in [0.3, 0.4) is 0 Å². The van der Waals surface area contributed by atoms with E-state index in [1.807, 2.05) is 18.2 Å². The number of hydrogen-bond acceptors (Lipinski definition) is 4. The van der Waals surface area contributed by atoms with Crippen molar-refractivity contribution in [2.75, 3.05) is 33.2 Å². The van der Waals surface area contributed by atoms with Crippen LogP contribution in [0.1, 0.15) is 37.3 Å². The third-order valence-corrected chi connectivity index (χ3v) is 5.38. The van der Waals surface area contributed by atoms with Gasteiger partial charge >= 0.3 is 0 Å². The minimum absolute atomic E-state index is 0. The van der Waals surface area contributed by atoms with E-state index >= 15 is 0 Å². The number of benzene rings is 1. The molecule has 1 heterocycles. The molecule has 1 aromatic rings. The standard InChI is InChI=1S/C19H30N4O.2ClH/c1-22-11-13-23(14-12-22)18(15-5-3-2-4-6-15)19(24)21-17-9-7-16(20)8-10-17;;/h2-6,16-18H,7-14,20H2,1H3,(H,21,24);2*1H. The highest BCUT2D eigenvalue weighted by atomic mass is 35.5. The number of piperazine rings is 1. The molecule has 2 aliphatic rings. The Balaban J connectivity index is 0.00000169. The monoisotopic (exact) mass is 402 g/mol. The van der Waals surface area contributed by atoms with Crippen LogP contribution in [0, 0.1) is 0 Å². The van der Waals surface area contributed by atoms with E-state index < -0.39 is 0 Å². The topological polar surface area (TPSA) is 61.6 Å². The van der Waals surface area contributed by atoms with Gasteiger partial charge in [-0.1, -0.05) is 30.3 Å². The molecule has 1 amide bonds. The van der Waals surface area contributed by atoms with Gasteiger partial charge in [0.05, 0.1) is 0 Å². The summed E-state index contributed by atoms with van der Waals surface area (Å²) in [6.45, 7) is 3.88. The Bertz CT molecular complexity index is 530. The number of likely N-dealkylation sites (N-methyl/N-ethyl adjacent to an activating group) is 1. The number of nitrogens with one attached hydrogen (secondary N) is 1. The number of nitrogens with zero attached hydrogens (tertiary/aromatic N) is 2. The molecule has 0 radical (unpaired) electrons. The Morgan fingerprint density at radius 3 is 2.19 bits per heavy atom. The Kier molecular flexibility index (Phi) is 9.90. The molecule has 3 N–H and O–H groups in total. The predicted octanol–water partition coefficient (Wildman–Crippen LogP) is 2.20. The highest BCUT2D eigenvalue weighted by molar-refractivity contribution is 5.85. The van der Waals surface area contributed by atoms with Crippen molar-refractivity contribution in [3.63, 3.8) is 0 Å². The Hall–Kier alpha value is -0.850. The molecule has 0 bridgehead atoms. The van der Waals surface area contributed by atoms with E-state index in [2.05, 4.69) is 34.3 Å². The zero-order valence-corrected chi connectivity index (χ0v) is 17.1. The van der Waals surface area contributed by atoms with Crippen LogP contribution >= 0.6 is 24.8 Å². The van der Waals surface area contributed by atoms with Crippen molar-refractivity contribution in [2.24, 2.45) is 5.73 Å². The molecule has 26 heavy (non-hydrogen) atoms. The molecule has 148 valence electrons. The van der Waals surface area contributed by atoms with E-state index in [0.29, 0.717) is 6.04 Å². The number of hydrogen-bond donors (Lipinski definition) is 2. The van der Waals surface area contributed by atoms with Crippen LogP contribution < -0.4 is 11.1 Å². The molecule has 5 nitrogen and oxygen atoms in total. The van der Waals surface area contributed by atoms with Gasteiger partial charge in [-0.15, -0.1) is 24.8 Å². The molecule has 7 heteroatoms. The summed E-state index contributed by atoms with van der Waals surface area (Å²) in [5.41, 5.74) is 7.07. The zero-order chi connectivity index (χ0) is 16.9. The first-order valence-corrected chi connectivity index (χ1v) is 9.17. The van der Waals surface area contributed by atoms with Crippen LogP contribution in [0.4, 0.5) is 0 Å². The maximum absolute atomic E-state index is 13.1. The number of carbonyl (C=O) groups is 1. The van der Waals surface area contributed by atoms with Gasteiger partial charge in [-0.05, 0) is 38.3 Å². The first kappa shape index (κ1) is 23.2. The molecule has 0 aromatic heterocycles. The number of rotatable bonds is 4. The average Bonchev–Trinajstić information content (AvgIpc) is 2.60. The van der Waals surface area contributed by atoms with Crippen LogP contribution in [0.25, 0.3) is 0 Å². The maximum Gasteiger partial charge on any atom is 0.242 e. The number of carbonyl (C=O) groups excluding carboxylic acids is 1. The third-order valence-electron chi connectivity index (χ3n) is 5.38. The molecule has 1 saturated carbocycles. The number of halogens is 2. The van der Waals surface area contributed by atoms with E-state index in [9.17, 15) is 4.79 Å². The van der Waals surface area contributed by atoms with Crippen LogP contribution in [0.5, 0.6) is 0 Å². The Morgan fingerprint density at radius 2 is 1.62 bits per heavy atom. The predicted molar refractivity (Wildman–Crippen MR) is 111 cm³/mol. The Labute approximate surface area is 169 Å². The fraction of sp³-hybridized carbons (Fsp3) is 0.632. The summed E-state index contributed by atoms with van der Waals surface area (Å²) in [4.78, 5) is 17.7.